The second-order valence-corrected chi connectivity index (χ2v) is 6.16. The van der Waals surface area contributed by atoms with Gasteiger partial charge in [0.15, 0.2) is 0 Å². The van der Waals surface area contributed by atoms with Crippen LogP contribution >= 0.6 is 0 Å². The molecule has 2 aromatic rings. The summed E-state index contributed by atoms with van der Waals surface area (Å²) in [6.07, 6.45) is 3.77. The molecule has 1 fully saturated rings. The first-order valence-corrected chi connectivity index (χ1v) is 7.87. The first kappa shape index (κ1) is 14.0. The van der Waals surface area contributed by atoms with Crippen LogP contribution in [0.15, 0.2) is 48.5 Å². The average Bonchev–Trinajstić information content (AvgIpc) is 2.52. The van der Waals surface area contributed by atoms with Crippen LogP contribution < -0.4 is 10.6 Å². The normalized spacial score (nSPS) is 16.1. The molecule has 0 unspecified atom stereocenters. The van der Waals surface area contributed by atoms with E-state index in [9.17, 15) is 0 Å². The Labute approximate surface area is 127 Å². The number of nitrogens with zero attached hydrogens (tertiary/aromatic N) is 1. The summed E-state index contributed by atoms with van der Waals surface area (Å²) in [5, 5.41) is 0. The van der Waals surface area contributed by atoms with Gasteiger partial charge in [-0.05, 0) is 61.4 Å². The SMILES string of the molecule is Cc1cc(N2CCC(Cc3ccccc3)CC2)ccc1N. The predicted octanol–water partition coefficient (Wildman–Crippen LogP) is 4.04. The summed E-state index contributed by atoms with van der Waals surface area (Å²) in [6, 6.07) is 17.3. The minimum atomic E-state index is 0.818. The lowest BCUT2D eigenvalue weighted by atomic mass is 9.90. The molecule has 21 heavy (non-hydrogen) atoms. The lowest BCUT2D eigenvalue weighted by Gasteiger charge is -2.34. The molecule has 0 bridgehead atoms. The molecule has 1 saturated heterocycles. The molecule has 1 aliphatic heterocycles. The van der Waals surface area contributed by atoms with Crippen LogP contribution in [0.4, 0.5) is 11.4 Å². The molecule has 0 radical (unpaired) electrons. The number of aryl methyl sites for hydroxylation is 1. The third-order valence-corrected chi connectivity index (χ3v) is 4.60. The summed E-state index contributed by atoms with van der Waals surface area (Å²) in [6.45, 7) is 4.39. The summed E-state index contributed by atoms with van der Waals surface area (Å²) in [7, 11) is 0. The number of anilines is 2. The van der Waals surface area contributed by atoms with E-state index in [0.29, 0.717) is 0 Å². The summed E-state index contributed by atoms with van der Waals surface area (Å²) in [5.41, 5.74) is 10.8. The minimum Gasteiger partial charge on any atom is -0.399 e. The summed E-state index contributed by atoms with van der Waals surface area (Å²) >= 11 is 0. The van der Waals surface area contributed by atoms with Crippen LogP contribution in [-0.4, -0.2) is 13.1 Å². The van der Waals surface area contributed by atoms with Crippen LogP contribution in [0.25, 0.3) is 0 Å². The van der Waals surface area contributed by atoms with Crippen LogP contribution in [0.1, 0.15) is 24.0 Å². The van der Waals surface area contributed by atoms with E-state index in [2.05, 4.69) is 54.3 Å². The van der Waals surface area contributed by atoms with Gasteiger partial charge in [-0.1, -0.05) is 30.3 Å². The quantitative estimate of drug-likeness (QED) is 0.860. The highest BCUT2D eigenvalue weighted by molar-refractivity contribution is 5.58. The lowest BCUT2D eigenvalue weighted by Crippen LogP contribution is -2.34. The molecule has 0 amide bonds. The highest BCUT2D eigenvalue weighted by Crippen LogP contribution is 2.27. The highest BCUT2D eigenvalue weighted by atomic mass is 15.1. The molecule has 0 aromatic heterocycles. The zero-order valence-corrected chi connectivity index (χ0v) is 12.8. The molecule has 1 heterocycles. The molecule has 2 aromatic carbocycles. The van der Waals surface area contributed by atoms with Gasteiger partial charge in [-0.2, -0.15) is 0 Å². The second-order valence-electron chi connectivity index (χ2n) is 6.16. The topological polar surface area (TPSA) is 29.3 Å². The maximum Gasteiger partial charge on any atom is 0.0370 e. The van der Waals surface area contributed by atoms with E-state index < -0.39 is 0 Å². The number of hydrogen-bond acceptors (Lipinski definition) is 2. The minimum absolute atomic E-state index is 0.818. The molecule has 3 rings (SSSR count). The van der Waals surface area contributed by atoms with Gasteiger partial charge in [0, 0.05) is 24.5 Å². The number of hydrogen-bond donors (Lipinski definition) is 1. The zero-order valence-electron chi connectivity index (χ0n) is 12.8. The summed E-state index contributed by atoms with van der Waals surface area (Å²) in [5.74, 6) is 0.818. The summed E-state index contributed by atoms with van der Waals surface area (Å²) < 4.78 is 0. The van der Waals surface area contributed by atoms with Crippen LogP contribution in [0.2, 0.25) is 0 Å². The van der Waals surface area contributed by atoms with Crippen molar-refractivity contribution >= 4 is 11.4 Å². The summed E-state index contributed by atoms with van der Waals surface area (Å²) in [4.78, 5) is 2.49. The average molecular weight is 280 g/mol. The van der Waals surface area contributed by atoms with E-state index in [4.69, 9.17) is 5.73 Å². The number of benzene rings is 2. The van der Waals surface area contributed by atoms with Gasteiger partial charge in [-0.25, -0.2) is 0 Å². The van der Waals surface area contributed by atoms with E-state index >= 15 is 0 Å². The molecule has 0 aliphatic carbocycles. The van der Waals surface area contributed by atoms with Crippen molar-refractivity contribution in [2.45, 2.75) is 26.2 Å². The highest BCUT2D eigenvalue weighted by Gasteiger charge is 2.19. The standard InChI is InChI=1S/C19H24N2/c1-15-13-18(7-8-19(15)20)21-11-9-17(10-12-21)14-16-5-3-2-4-6-16/h2-8,13,17H,9-12,14,20H2,1H3. The van der Waals surface area contributed by atoms with Gasteiger partial charge >= 0.3 is 0 Å². The van der Waals surface area contributed by atoms with Crippen molar-refractivity contribution in [2.75, 3.05) is 23.7 Å². The predicted molar refractivity (Wildman–Crippen MR) is 90.7 cm³/mol. The fourth-order valence-electron chi connectivity index (χ4n) is 3.20. The monoisotopic (exact) mass is 280 g/mol. The van der Waals surface area contributed by atoms with Crippen LogP contribution in [0, 0.1) is 12.8 Å². The van der Waals surface area contributed by atoms with E-state index in [-0.39, 0.29) is 0 Å². The number of nitrogen functional groups attached to an aromatic ring is 1. The number of nitrogens with two attached hydrogens (primary N) is 1. The zero-order chi connectivity index (χ0) is 14.7. The largest absolute Gasteiger partial charge is 0.399 e. The molecule has 1 aliphatic rings. The van der Waals surface area contributed by atoms with Crippen molar-refractivity contribution in [3.05, 3.63) is 59.7 Å². The van der Waals surface area contributed by atoms with Crippen LogP contribution in [-0.2, 0) is 6.42 Å². The molecule has 2 N–H and O–H groups in total. The van der Waals surface area contributed by atoms with E-state index in [1.807, 2.05) is 6.07 Å². The Kier molecular flexibility index (Phi) is 4.14. The van der Waals surface area contributed by atoms with E-state index in [0.717, 1.165) is 24.7 Å². The number of piperidine rings is 1. The van der Waals surface area contributed by atoms with Gasteiger partial charge < -0.3 is 10.6 Å². The Bertz CT molecular complexity index is 584. The smallest absolute Gasteiger partial charge is 0.0370 e. The van der Waals surface area contributed by atoms with Gasteiger partial charge in [0.2, 0.25) is 0 Å². The molecule has 0 saturated carbocycles. The third-order valence-electron chi connectivity index (χ3n) is 4.60. The fourth-order valence-corrected chi connectivity index (χ4v) is 3.20. The lowest BCUT2D eigenvalue weighted by molar-refractivity contribution is 0.404. The maximum absolute atomic E-state index is 5.91. The molecule has 0 spiro atoms. The third kappa shape index (κ3) is 3.38. The maximum atomic E-state index is 5.91. The Morgan fingerprint density at radius 2 is 1.76 bits per heavy atom. The Hall–Kier alpha value is -1.96. The van der Waals surface area contributed by atoms with Gasteiger partial charge in [-0.3, -0.25) is 0 Å². The van der Waals surface area contributed by atoms with Crippen LogP contribution in [0.3, 0.4) is 0 Å². The molecule has 110 valence electrons. The molecular formula is C19H24N2. The van der Waals surface area contributed by atoms with Crippen molar-refractivity contribution < 1.29 is 0 Å². The van der Waals surface area contributed by atoms with Crippen molar-refractivity contribution in [3.8, 4) is 0 Å². The molecule has 2 nitrogen and oxygen atoms in total. The fraction of sp³-hybridized carbons (Fsp3) is 0.368. The Balaban J connectivity index is 1.58. The van der Waals surface area contributed by atoms with E-state index in [1.165, 1.54) is 36.1 Å². The van der Waals surface area contributed by atoms with Gasteiger partial charge in [-0.15, -0.1) is 0 Å². The Morgan fingerprint density at radius 3 is 2.43 bits per heavy atom. The number of rotatable bonds is 3. The first-order valence-electron chi connectivity index (χ1n) is 7.87. The van der Waals surface area contributed by atoms with Crippen molar-refractivity contribution in [1.82, 2.24) is 0 Å². The first-order chi connectivity index (χ1) is 10.2. The van der Waals surface area contributed by atoms with Crippen LogP contribution in [0.5, 0.6) is 0 Å². The molecular weight excluding hydrogens is 256 g/mol. The van der Waals surface area contributed by atoms with E-state index in [1.54, 1.807) is 0 Å². The van der Waals surface area contributed by atoms with Crippen molar-refractivity contribution in [2.24, 2.45) is 5.92 Å². The second kappa shape index (κ2) is 6.21. The molecule has 0 atom stereocenters. The van der Waals surface area contributed by atoms with Crippen molar-refractivity contribution in [3.63, 3.8) is 0 Å². The van der Waals surface area contributed by atoms with Crippen molar-refractivity contribution in [1.29, 1.82) is 0 Å². The molecule has 2 heteroatoms. The Morgan fingerprint density at radius 1 is 1.05 bits per heavy atom. The van der Waals surface area contributed by atoms with Gasteiger partial charge in [0.1, 0.15) is 0 Å². The van der Waals surface area contributed by atoms with Gasteiger partial charge in [0.25, 0.3) is 0 Å². The van der Waals surface area contributed by atoms with Gasteiger partial charge in [0.05, 0.1) is 0 Å².